The summed E-state index contributed by atoms with van der Waals surface area (Å²) in [6.45, 7) is 3.07. The molecule has 1 aliphatic heterocycles. The van der Waals surface area contributed by atoms with Crippen LogP contribution >= 0.6 is 15.9 Å². The van der Waals surface area contributed by atoms with Gasteiger partial charge in [0.05, 0.1) is 6.04 Å². The van der Waals surface area contributed by atoms with Gasteiger partial charge in [0.25, 0.3) is 0 Å². The van der Waals surface area contributed by atoms with Crippen molar-refractivity contribution in [2.24, 2.45) is 0 Å². The highest BCUT2D eigenvalue weighted by atomic mass is 79.9. The van der Waals surface area contributed by atoms with Crippen LogP contribution in [0.2, 0.25) is 0 Å². The maximum Gasteiger partial charge on any atom is 0.321 e. The summed E-state index contributed by atoms with van der Waals surface area (Å²) < 4.78 is 1.04. The number of hydrogen-bond acceptors (Lipinski definition) is 2. The van der Waals surface area contributed by atoms with E-state index in [1.165, 1.54) is 11.1 Å². The first kappa shape index (κ1) is 21.3. The van der Waals surface area contributed by atoms with Gasteiger partial charge in [0.15, 0.2) is 0 Å². The van der Waals surface area contributed by atoms with E-state index in [1.807, 2.05) is 35.2 Å². The number of nitrogens with zero attached hydrogens (tertiary/aromatic N) is 2. The van der Waals surface area contributed by atoms with Crippen LogP contribution in [0.1, 0.15) is 22.7 Å². The van der Waals surface area contributed by atoms with Crippen LogP contribution in [-0.2, 0) is 0 Å². The van der Waals surface area contributed by atoms with E-state index >= 15 is 0 Å². The highest BCUT2D eigenvalue weighted by Crippen LogP contribution is 2.29. The Morgan fingerprint density at radius 1 is 0.806 bits per heavy atom. The zero-order valence-electron chi connectivity index (χ0n) is 17.3. The number of amides is 2. The van der Waals surface area contributed by atoms with Gasteiger partial charge in [0.2, 0.25) is 0 Å². The second kappa shape index (κ2) is 10.4. The fourth-order valence-electron chi connectivity index (χ4n) is 3.94. The molecule has 2 amide bonds. The second-order valence-electron chi connectivity index (χ2n) is 7.58. The molecule has 1 heterocycles. The van der Waals surface area contributed by atoms with Crippen LogP contribution in [0.4, 0.5) is 4.79 Å². The zero-order chi connectivity index (χ0) is 21.5. The van der Waals surface area contributed by atoms with Gasteiger partial charge in [0, 0.05) is 36.9 Å². The molecule has 1 N–H and O–H groups in total. The van der Waals surface area contributed by atoms with Crippen LogP contribution in [0.3, 0.4) is 0 Å². The SMILES string of the molecule is O=C(N/C=C/c1ccc(Br)cc1)N1CCN(C(c2ccccc2)c2ccccc2)CC1. The molecule has 0 spiro atoms. The largest absolute Gasteiger partial charge is 0.322 e. The molecule has 1 saturated heterocycles. The van der Waals surface area contributed by atoms with Gasteiger partial charge in [-0.25, -0.2) is 4.79 Å². The van der Waals surface area contributed by atoms with Gasteiger partial charge < -0.3 is 10.2 Å². The summed E-state index contributed by atoms with van der Waals surface area (Å²) in [5.74, 6) is 0. The molecule has 0 saturated carbocycles. The van der Waals surface area contributed by atoms with Gasteiger partial charge in [-0.2, -0.15) is 0 Å². The van der Waals surface area contributed by atoms with E-state index in [-0.39, 0.29) is 12.1 Å². The summed E-state index contributed by atoms with van der Waals surface area (Å²) in [6.07, 6.45) is 3.62. The van der Waals surface area contributed by atoms with Crippen LogP contribution in [-0.4, -0.2) is 42.0 Å². The van der Waals surface area contributed by atoms with Gasteiger partial charge in [-0.3, -0.25) is 4.90 Å². The Kier molecular flexibility index (Phi) is 7.18. The van der Waals surface area contributed by atoms with Gasteiger partial charge in [-0.05, 0) is 34.9 Å². The van der Waals surface area contributed by atoms with Crippen molar-refractivity contribution in [2.75, 3.05) is 26.2 Å². The minimum Gasteiger partial charge on any atom is -0.322 e. The van der Waals surface area contributed by atoms with E-state index in [9.17, 15) is 4.79 Å². The Morgan fingerprint density at radius 2 is 1.35 bits per heavy atom. The molecule has 5 heteroatoms. The molecular weight excluding hydrogens is 450 g/mol. The third kappa shape index (κ3) is 5.63. The predicted octanol–water partition coefficient (Wildman–Crippen LogP) is 5.54. The summed E-state index contributed by atoms with van der Waals surface area (Å²) in [5.41, 5.74) is 3.61. The molecule has 31 heavy (non-hydrogen) atoms. The van der Waals surface area contributed by atoms with Crippen molar-refractivity contribution in [3.63, 3.8) is 0 Å². The van der Waals surface area contributed by atoms with E-state index in [0.717, 1.165) is 23.1 Å². The Balaban J connectivity index is 1.37. The molecule has 3 aromatic rings. The van der Waals surface area contributed by atoms with Crippen LogP contribution in [0, 0.1) is 0 Å². The summed E-state index contributed by atoms with van der Waals surface area (Å²) >= 11 is 3.43. The number of urea groups is 1. The highest BCUT2D eigenvalue weighted by Gasteiger charge is 2.27. The quantitative estimate of drug-likeness (QED) is 0.525. The molecule has 158 valence electrons. The standard InChI is InChI=1S/C26H26BrN3O/c27-24-13-11-21(12-14-24)15-16-28-26(31)30-19-17-29(18-20-30)25(22-7-3-1-4-8-22)23-9-5-2-6-10-23/h1-16,25H,17-20H2,(H,28,31)/b16-15+. The third-order valence-electron chi connectivity index (χ3n) is 5.55. The Morgan fingerprint density at radius 3 is 1.90 bits per heavy atom. The van der Waals surface area contributed by atoms with Crippen LogP contribution in [0.25, 0.3) is 6.08 Å². The molecule has 1 fully saturated rings. The summed E-state index contributed by atoms with van der Waals surface area (Å²) in [5, 5.41) is 2.90. The zero-order valence-corrected chi connectivity index (χ0v) is 18.9. The van der Waals surface area contributed by atoms with Crippen LogP contribution in [0.5, 0.6) is 0 Å². The van der Waals surface area contributed by atoms with Crippen LogP contribution in [0.15, 0.2) is 95.6 Å². The van der Waals surface area contributed by atoms with Gasteiger partial charge >= 0.3 is 6.03 Å². The van der Waals surface area contributed by atoms with E-state index in [0.29, 0.717) is 13.1 Å². The molecule has 4 nitrogen and oxygen atoms in total. The molecule has 0 bridgehead atoms. The molecule has 0 atom stereocenters. The average Bonchev–Trinajstić information content (AvgIpc) is 2.82. The summed E-state index contributed by atoms with van der Waals surface area (Å²) in [4.78, 5) is 16.9. The first-order chi connectivity index (χ1) is 15.2. The fraction of sp³-hybridized carbons (Fsp3) is 0.192. The number of hydrogen-bond donors (Lipinski definition) is 1. The molecular formula is C26H26BrN3O. The molecule has 1 aliphatic rings. The van der Waals surface area contributed by atoms with E-state index in [4.69, 9.17) is 0 Å². The summed E-state index contributed by atoms with van der Waals surface area (Å²) in [7, 11) is 0. The number of carbonyl (C=O) groups excluding carboxylic acids is 1. The molecule has 4 rings (SSSR count). The molecule has 3 aromatic carbocycles. The van der Waals surface area contributed by atoms with E-state index in [1.54, 1.807) is 6.20 Å². The van der Waals surface area contributed by atoms with Crippen molar-refractivity contribution >= 4 is 28.0 Å². The van der Waals surface area contributed by atoms with Crippen molar-refractivity contribution in [1.29, 1.82) is 0 Å². The lowest BCUT2D eigenvalue weighted by atomic mass is 9.96. The third-order valence-corrected chi connectivity index (χ3v) is 6.08. The Labute approximate surface area is 192 Å². The number of piperazine rings is 1. The van der Waals surface area contributed by atoms with Crippen molar-refractivity contribution in [2.45, 2.75) is 6.04 Å². The fourth-order valence-corrected chi connectivity index (χ4v) is 4.21. The number of carbonyl (C=O) groups is 1. The Hall–Kier alpha value is -2.89. The summed E-state index contributed by atoms with van der Waals surface area (Å²) in [6, 6.07) is 29.3. The lowest BCUT2D eigenvalue weighted by Gasteiger charge is -2.39. The van der Waals surface area contributed by atoms with Crippen molar-refractivity contribution in [3.05, 3.63) is 112 Å². The normalized spacial score (nSPS) is 14.8. The topological polar surface area (TPSA) is 35.6 Å². The number of rotatable bonds is 5. The maximum absolute atomic E-state index is 12.6. The van der Waals surface area contributed by atoms with Gasteiger partial charge in [0.1, 0.15) is 0 Å². The van der Waals surface area contributed by atoms with Crippen molar-refractivity contribution < 1.29 is 4.79 Å². The minimum atomic E-state index is -0.0519. The van der Waals surface area contributed by atoms with Crippen molar-refractivity contribution in [3.8, 4) is 0 Å². The van der Waals surface area contributed by atoms with Gasteiger partial charge in [-0.15, -0.1) is 0 Å². The molecule has 0 aromatic heterocycles. The number of halogens is 1. The molecule has 0 unspecified atom stereocenters. The highest BCUT2D eigenvalue weighted by molar-refractivity contribution is 9.10. The maximum atomic E-state index is 12.6. The molecule has 0 aliphatic carbocycles. The second-order valence-corrected chi connectivity index (χ2v) is 8.50. The van der Waals surface area contributed by atoms with Crippen LogP contribution < -0.4 is 5.32 Å². The average molecular weight is 476 g/mol. The monoisotopic (exact) mass is 475 g/mol. The smallest absolute Gasteiger partial charge is 0.321 e. The predicted molar refractivity (Wildman–Crippen MR) is 130 cm³/mol. The lowest BCUT2D eigenvalue weighted by molar-refractivity contribution is 0.122. The van der Waals surface area contributed by atoms with E-state index < -0.39 is 0 Å². The molecule has 0 radical (unpaired) electrons. The van der Waals surface area contributed by atoms with E-state index in [2.05, 4.69) is 86.8 Å². The Bertz CT molecular complexity index is 958. The lowest BCUT2D eigenvalue weighted by Crippen LogP contribution is -2.51. The first-order valence-corrected chi connectivity index (χ1v) is 11.3. The number of benzene rings is 3. The minimum absolute atomic E-state index is 0.0519. The van der Waals surface area contributed by atoms with Crippen molar-refractivity contribution in [1.82, 2.24) is 15.1 Å². The number of nitrogens with one attached hydrogen (secondary N) is 1. The first-order valence-electron chi connectivity index (χ1n) is 10.5. The van der Waals surface area contributed by atoms with Gasteiger partial charge in [-0.1, -0.05) is 88.7 Å².